The van der Waals surface area contributed by atoms with Crippen LogP contribution in [0.1, 0.15) is 12.0 Å². The van der Waals surface area contributed by atoms with E-state index in [9.17, 15) is 4.79 Å². The SMILES string of the molecule is Cc1ccccc1NC(=O)CC[NH+]1CC[NH+](CCO)CC1. The van der Waals surface area contributed by atoms with Gasteiger partial charge in [-0.05, 0) is 18.6 Å². The molecule has 2 rings (SSSR count). The van der Waals surface area contributed by atoms with E-state index in [-0.39, 0.29) is 12.5 Å². The molecule has 116 valence electrons. The van der Waals surface area contributed by atoms with Gasteiger partial charge in [-0.25, -0.2) is 0 Å². The summed E-state index contributed by atoms with van der Waals surface area (Å²) in [6.45, 7) is 8.38. The third kappa shape index (κ3) is 5.12. The van der Waals surface area contributed by atoms with Gasteiger partial charge in [0.25, 0.3) is 0 Å². The molecule has 0 aliphatic carbocycles. The standard InChI is InChI=1S/C16H25N3O2/c1-14-4-2-3-5-15(14)17-16(21)6-7-18-8-10-19(11-9-18)12-13-20/h2-5,20H,6-13H2,1H3,(H,17,21)/p+2. The van der Waals surface area contributed by atoms with Crippen LogP contribution in [-0.4, -0.2) is 56.9 Å². The average Bonchev–Trinajstić information content (AvgIpc) is 2.49. The second-order valence-electron chi connectivity index (χ2n) is 5.84. The molecule has 1 amide bonds. The van der Waals surface area contributed by atoms with E-state index in [1.165, 1.54) is 9.80 Å². The molecule has 0 spiro atoms. The number of carbonyl (C=O) groups excluding carboxylic acids is 1. The molecular formula is C16H27N3O2+2. The summed E-state index contributed by atoms with van der Waals surface area (Å²) in [7, 11) is 0. The number of nitrogens with one attached hydrogen (secondary N) is 3. The fraction of sp³-hybridized carbons (Fsp3) is 0.562. The number of piperazine rings is 1. The lowest BCUT2D eigenvalue weighted by molar-refractivity contribution is -1.01. The van der Waals surface area contributed by atoms with Gasteiger partial charge < -0.3 is 20.2 Å². The van der Waals surface area contributed by atoms with Gasteiger partial charge in [-0.2, -0.15) is 0 Å². The number of carbonyl (C=O) groups is 1. The Morgan fingerprint density at radius 2 is 1.76 bits per heavy atom. The minimum absolute atomic E-state index is 0.0990. The Kier molecular flexibility index (Phi) is 6.17. The van der Waals surface area contributed by atoms with Crippen molar-refractivity contribution in [2.75, 3.05) is 51.2 Å². The number of rotatable bonds is 6. The maximum Gasteiger partial charge on any atom is 0.230 e. The molecule has 0 unspecified atom stereocenters. The van der Waals surface area contributed by atoms with Gasteiger partial charge in [-0.1, -0.05) is 18.2 Å². The quantitative estimate of drug-likeness (QED) is 0.495. The van der Waals surface area contributed by atoms with Gasteiger partial charge in [-0.3, -0.25) is 4.79 Å². The summed E-state index contributed by atoms with van der Waals surface area (Å²) in [5.74, 6) is 0.0990. The van der Waals surface area contributed by atoms with Crippen LogP contribution < -0.4 is 15.1 Å². The number of hydrogen-bond acceptors (Lipinski definition) is 2. The molecule has 4 N–H and O–H groups in total. The van der Waals surface area contributed by atoms with Crippen molar-refractivity contribution < 1.29 is 19.7 Å². The molecule has 0 radical (unpaired) electrons. The van der Waals surface area contributed by atoms with Crippen molar-refractivity contribution in [3.05, 3.63) is 29.8 Å². The summed E-state index contributed by atoms with van der Waals surface area (Å²) in [6, 6.07) is 7.86. The van der Waals surface area contributed by atoms with Crippen LogP contribution >= 0.6 is 0 Å². The lowest BCUT2D eigenvalue weighted by Crippen LogP contribution is -3.28. The summed E-state index contributed by atoms with van der Waals surface area (Å²) in [5.41, 5.74) is 2.01. The number of para-hydroxylation sites is 1. The van der Waals surface area contributed by atoms with E-state index in [1.807, 2.05) is 31.2 Å². The topological polar surface area (TPSA) is 58.2 Å². The number of benzene rings is 1. The van der Waals surface area contributed by atoms with Crippen LogP contribution in [0.15, 0.2) is 24.3 Å². The van der Waals surface area contributed by atoms with Crippen molar-refractivity contribution in [3.63, 3.8) is 0 Å². The highest BCUT2D eigenvalue weighted by molar-refractivity contribution is 5.91. The second kappa shape index (κ2) is 8.12. The average molecular weight is 293 g/mol. The minimum Gasteiger partial charge on any atom is -0.391 e. The molecule has 0 atom stereocenters. The Morgan fingerprint density at radius 3 is 2.38 bits per heavy atom. The van der Waals surface area contributed by atoms with Crippen LogP contribution in [0.4, 0.5) is 5.69 Å². The fourth-order valence-corrected chi connectivity index (χ4v) is 2.83. The van der Waals surface area contributed by atoms with Crippen molar-refractivity contribution >= 4 is 11.6 Å². The molecule has 5 heteroatoms. The largest absolute Gasteiger partial charge is 0.391 e. The number of aliphatic hydroxyl groups is 1. The normalized spacial score (nSPS) is 22.0. The predicted octanol–water partition coefficient (Wildman–Crippen LogP) is -1.90. The summed E-state index contributed by atoms with van der Waals surface area (Å²) < 4.78 is 0. The molecule has 1 aromatic carbocycles. The number of anilines is 1. The lowest BCUT2D eigenvalue weighted by atomic mass is 10.2. The predicted molar refractivity (Wildman–Crippen MR) is 82.6 cm³/mol. The maximum atomic E-state index is 12.0. The number of hydrogen-bond donors (Lipinski definition) is 4. The van der Waals surface area contributed by atoms with Crippen LogP contribution in [-0.2, 0) is 4.79 Å². The molecule has 1 heterocycles. The molecule has 5 nitrogen and oxygen atoms in total. The molecule has 1 fully saturated rings. The van der Waals surface area contributed by atoms with Gasteiger partial charge in [0.15, 0.2) is 0 Å². The van der Waals surface area contributed by atoms with Crippen LogP contribution in [0.5, 0.6) is 0 Å². The van der Waals surface area contributed by atoms with Crippen molar-refractivity contribution in [1.82, 2.24) is 0 Å². The lowest BCUT2D eigenvalue weighted by Gasteiger charge is -2.29. The van der Waals surface area contributed by atoms with Gasteiger partial charge in [0.2, 0.25) is 5.91 Å². The summed E-state index contributed by atoms with van der Waals surface area (Å²) in [5, 5.41) is 11.9. The molecule has 21 heavy (non-hydrogen) atoms. The maximum absolute atomic E-state index is 12.0. The van der Waals surface area contributed by atoms with E-state index < -0.39 is 0 Å². The Morgan fingerprint density at radius 1 is 1.14 bits per heavy atom. The zero-order valence-electron chi connectivity index (χ0n) is 12.8. The monoisotopic (exact) mass is 293 g/mol. The number of aliphatic hydroxyl groups excluding tert-OH is 1. The van der Waals surface area contributed by atoms with Crippen molar-refractivity contribution in [3.8, 4) is 0 Å². The van der Waals surface area contributed by atoms with E-state index in [1.54, 1.807) is 0 Å². The molecular weight excluding hydrogens is 266 g/mol. The highest BCUT2D eigenvalue weighted by Gasteiger charge is 2.22. The fourth-order valence-electron chi connectivity index (χ4n) is 2.83. The zero-order chi connectivity index (χ0) is 15.1. The number of amides is 1. The van der Waals surface area contributed by atoms with Crippen molar-refractivity contribution in [2.24, 2.45) is 0 Å². The van der Waals surface area contributed by atoms with E-state index in [4.69, 9.17) is 5.11 Å². The molecule has 1 aliphatic heterocycles. The van der Waals surface area contributed by atoms with E-state index in [0.717, 1.165) is 50.5 Å². The molecule has 0 saturated carbocycles. The van der Waals surface area contributed by atoms with Crippen molar-refractivity contribution in [2.45, 2.75) is 13.3 Å². The first-order valence-electron chi connectivity index (χ1n) is 7.82. The first-order chi connectivity index (χ1) is 10.2. The Balaban J connectivity index is 1.69. The zero-order valence-corrected chi connectivity index (χ0v) is 12.8. The Hall–Kier alpha value is -1.43. The molecule has 1 saturated heterocycles. The molecule has 1 aromatic rings. The first kappa shape index (κ1) is 15.9. The van der Waals surface area contributed by atoms with Gasteiger partial charge in [-0.15, -0.1) is 0 Å². The highest BCUT2D eigenvalue weighted by Crippen LogP contribution is 2.12. The Bertz CT molecular complexity index is 457. The molecule has 0 bridgehead atoms. The van der Waals surface area contributed by atoms with Crippen LogP contribution in [0.25, 0.3) is 0 Å². The summed E-state index contributed by atoms with van der Waals surface area (Å²) in [4.78, 5) is 15.0. The van der Waals surface area contributed by atoms with Crippen molar-refractivity contribution in [1.29, 1.82) is 0 Å². The smallest absolute Gasteiger partial charge is 0.230 e. The molecule has 0 aromatic heterocycles. The minimum atomic E-state index is 0.0990. The van der Waals surface area contributed by atoms with Gasteiger partial charge >= 0.3 is 0 Å². The van der Waals surface area contributed by atoms with E-state index in [0.29, 0.717) is 6.42 Å². The molecule has 1 aliphatic rings. The Labute approximate surface area is 126 Å². The third-order valence-electron chi connectivity index (χ3n) is 4.25. The van der Waals surface area contributed by atoms with Crippen LogP contribution in [0, 0.1) is 6.92 Å². The summed E-state index contributed by atoms with van der Waals surface area (Å²) >= 11 is 0. The first-order valence-corrected chi connectivity index (χ1v) is 7.82. The number of quaternary nitrogens is 2. The van der Waals surface area contributed by atoms with Crippen LogP contribution in [0.2, 0.25) is 0 Å². The third-order valence-corrected chi connectivity index (χ3v) is 4.25. The van der Waals surface area contributed by atoms with Gasteiger partial charge in [0.1, 0.15) is 32.7 Å². The van der Waals surface area contributed by atoms with E-state index in [2.05, 4.69) is 5.32 Å². The van der Waals surface area contributed by atoms with Gasteiger partial charge in [0, 0.05) is 5.69 Å². The summed E-state index contributed by atoms with van der Waals surface area (Å²) in [6.07, 6.45) is 0.568. The number of aryl methyl sites for hydroxylation is 1. The van der Waals surface area contributed by atoms with Crippen LogP contribution in [0.3, 0.4) is 0 Å². The van der Waals surface area contributed by atoms with Gasteiger partial charge in [0.05, 0.1) is 19.6 Å². The highest BCUT2D eigenvalue weighted by atomic mass is 16.3. The van der Waals surface area contributed by atoms with E-state index >= 15 is 0 Å². The second-order valence-corrected chi connectivity index (χ2v) is 5.84.